The molecule has 54 valence electrons. The van der Waals surface area contributed by atoms with Gasteiger partial charge in [0, 0.05) is 13.1 Å². The second-order valence-electron chi connectivity index (χ2n) is 2.22. The van der Waals surface area contributed by atoms with Crippen molar-refractivity contribution in [1.29, 1.82) is 0 Å². The van der Waals surface area contributed by atoms with E-state index in [2.05, 4.69) is 0 Å². The van der Waals surface area contributed by atoms with Gasteiger partial charge in [-0.1, -0.05) is 0 Å². The number of aldehydes is 1. The summed E-state index contributed by atoms with van der Waals surface area (Å²) in [5, 5.41) is 9.07. The SMILES string of the molecule is Cc1c(O)cc(C=O)n1C. The minimum atomic E-state index is 0.171. The molecule has 0 aromatic carbocycles. The van der Waals surface area contributed by atoms with Gasteiger partial charge in [-0.15, -0.1) is 0 Å². The van der Waals surface area contributed by atoms with Crippen molar-refractivity contribution in [2.75, 3.05) is 0 Å². The topological polar surface area (TPSA) is 42.2 Å². The zero-order valence-electron chi connectivity index (χ0n) is 5.96. The van der Waals surface area contributed by atoms with Crippen LogP contribution in [-0.2, 0) is 7.05 Å². The normalized spacial score (nSPS) is 9.80. The van der Waals surface area contributed by atoms with Crippen LogP contribution in [0.4, 0.5) is 0 Å². The van der Waals surface area contributed by atoms with Crippen LogP contribution >= 0.6 is 0 Å². The smallest absolute Gasteiger partial charge is 0.166 e. The van der Waals surface area contributed by atoms with Gasteiger partial charge >= 0.3 is 0 Å². The van der Waals surface area contributed by atoms with Gasteiger partial charge in [0.05, 0.1) is 11.4 Å². The third kappa shape index (κ3) is 0.795. The Morgan fingerprint density at radius 3 is 2.50 bits per heavy atom. The van der Waals surface area contributed by atoms with Crippen molar-refractivity contribution in [2.45, 2.75) is 6.92 Å². The summed E-state index contributed by atoms with van der Waals surface area (Å²) < 4.78 is 1.64. The summed E-state index contributed by atoms with van der Waals surface area (Å²) >= 11 is 0. The lowest BCUT2D eigenvalue weighted by atomic mass is 10.4. The Kier molecular flexibility index (Phi) is 1.49. The number of hydrogen-bond donors (Lipinski definition) is 1. The summed E-state index contributed by atoms with van der Waals surface area (Å²) in [6, 6.07) is 1.45. The molecule has 0 unspecified atom stereocenters. The highest BCUT2D eigenvalue weighted by atomic mass is 16.3. The number of carbonyl (C=O) groups excluding carboxylic acids is 1. The van der Waals surface area contributed by atoms with Gasteiger partial charge in [-0.25, -0.2) is 0 Å². The van der Waals surface area contributed by atoms with Crippen molar-refractivity contribution >= 4 is 6.29 Å². The van der Waals surface area contributed by atoms with Gasteiger partial charge in [0.2, 0.25) is 0 Å². The summed E-state index contributed by atoms with van der Waals surface area (Å²) in [4.78, 5) is 10.3. The minimum absolute atomic E-state index is 0.171. The second-order valence-corrected chi connectivity index (χ2v) is 2.22. The lowest BCUT2D eigenvalue weighted by molar-refractivity contribution is 0.111. The molecule has 0 aliphatic rings. The van der Waals surface area contributed by atoms with E-state index in [-0.39, 0.29) is 5.75 Å². The van der Waals surface area contributed by atoms with Crippen LogP contribution in [0.25, 0.3) is 0 Å². The molecule has 1 aromatic heterocycles. The molecule has 3 nitrogen and oxygen atoms in total. The first-order valence-electron chi connectivity index (χ1n) is 2.97. The predicted octanol–water partition coefficient (Wildman–Crippen LogP) is 0.852. The molecule has 0 aliphatic carbocycles. The first kappa shape index (κ1) is 6.86. The van der Waals surface area contributed by atoms with E-state index in [0.717, 1.165) is 0 Å². The average Bonchev–Trinajstić information content (AvgIpc) is 2.17. The predicted molar refractivity (Wildman–Crippen MR) is 37.2 cm³/mol. The van der Waals surface area contributed by atoms with E-state index >= 15 is 0 Å². The monoisotopic (exact) mass is 139 g/mol. The standard InChI is InChI=1S/C7H9NO2/c1-5-7(10)3-6(4-9)8(5)2/h3-4,10H,1-2H3. The summed E-state index contributed by atoms with van der Waals surface area (Å²) in [7, 11) is 1.73. The lowest BCUT2D eigenvalue weighted by Gasteiger charge is -1.95. The number of rotatable bonds is 1. The van der Waals surface area contributed by atoms with Crippen LogP contribution in [0.1, 0.15) is 16.2 Å². The molecule has 1 N–H and O–H groups in total. The Morgan fingerprint density at radius 2 is 2.30 bits per heavy atom. The van der Waals surface area contributed by atoms with Gasteiger partial charge in [-0.05, 0) is 6.92 Å². The highest BCUT2D eigenvalue weighted by molar-refractivity contribution is 5.74. The van der Waals surface area contributed by atoms with Crippen LogP contribution in [-0.4, -0.2) is 16.0 Å². The Morgan fingerprint density at radius 1 is 1.70 bits per heavy atom. The molecule has 0 radical (unpaired) electrons. The number of aromatic nitrogens is 1. The van der Waals surface area contributed by atoms with Gasteiger partial charge < -0.3 is 9.67 Å². The van der Waals surface area contributed by atoms with Crippen molar-refractivity contribution in [3.8, 4) is 5.75 Å². The molecule has 0 spiro atoms. The number of aromatic hydroxyl groups is 1. The van der Waals surface area contributed by atoms with E-state index in [1.165, 1.54) is 6.07 Å². The Labute approximate surface area is 58.9 Å². The number of carbonyl (C=O) groups is 1. The van der Waals surface area contributed by atoms with Crippen LogP contribution < -0.4 is 0 Å². The first-order chi connectivity index (χ1) is 4.66. The van der Waals surface area contributed by atoms with Crippen molar-refractivity contribution < 1.29 is 9.90 Å². The molecule has 1 aromatic rings. The fourth-order valence-corrected chi connectivity index (χ4v) is 0.820. The average molecular weight is 139 g/mol. The van der Waals surface area contributed by atoms with E-state index in [1.807, 2.05) is 0 Å². The Bertz CT molecular complexity index is 263. The summed E-state index contributed by atoms with van der Waals surface area (Å²) in [5.41, 5.74) is 1.21. The van der Waals surface area contributed by atoms with E-state index in [0.29, 0.717) is 17.7 Å². The van der Waals surface area contributed by atoms with Crippen molar-refractivity contribution in [1.82, 2.24) is 4.57 Å². The van der Waals surface area contributed by atoms with E-state index < -0.39 is 0 Å². The third-order valence-electron chi connectivity index (χ3n) is 1.67. The molecule has 1 rings (SSSR count). The quantitative estimate of drug-likeness (QED) is 0.586. The lowest BCUT2D eigenvalue weighted by Crippen LogP contribution is -1.95. The zero-order chi connectivity index (χ0) is 7.72. The van der Waals surface area contributed by atoms with Gasteiger partial charge in [0.15, 0.2) is 6.29 Å². The zero-order valence-corrected chi connectivity index (χ0v) is 5.96. The minimum Gasteiger partial charge on any atom is -0.506 e. The molecule has 0 amide bonds. The summed E-state index contributed by atoms with van der Waals surface area (Å²) in [6.07, 6.45) is 0.715. The molecule has 3 heteroatoms. The van der Waals surface area contributed by atoms with Crippen LogP contribution in [0, 0.1) is 6.92 Å². The molecular formula is C7H9NO2. The molecule has 0 fully saturated rings. The van der Waals surface area contributed by atoms with Crippen molar-refractivity contribution in [2.24, 2.45) is 7.05 Å². The van der Waals surface area contributed by atoms with Crippen LogP contribution in [0.15, 0.2) is 6.07 Å². The van der Waals surface area contributed by atoms with E-state index in [9.17, 15) is 4.79 Å². The van der Waals surface area contributed by atoms with Crippen molar-refractivity contribution in [3.05, 3.63) is 17.5 Å². The molecule has 1 heterocycles. The van der Waals surface area contributed by atoms with Crippen LogP contribution in [0.5, 0.6) is 5.75 Å². The van der Waals surface area contributed by atoms with Crippen molar-refractivity contribution in [3.63, 3.8) is 0 Å². The Hall–Kier alpha value is -1.25. The van der Waals surface area contributed by atoms with Crippen LogP contribution in [0.2, 0.25) is 0 Å². The fraction of sp³-hybridized carbons (Fsp3) is 0.286. The van der Waals surface area contributed by atoms with E-state index in [4.69, 9.17) is 5.11 Å². The third-order valence-corrected chi connectivity index (χ3v) is 1.67. The summed E-state index contributed by atoms with van der Waals surface area (Å²) in [6.45, 7) is 1.75. The molecule has 0 atom stereocenters. The van der Waals surface area contributed by atoms with Gasteiger partial charge in [-0.3, -0.25) is 4.79 Å². The maximum absolute atomic E-state index is 10.3. The molecule has 0 aliphatic heterocycles. The summed E-state index contributed by atoms with van der Waals surface area (Å²) in [5.74, 6) is 0.171. The largest absolute Gasteiger partial charge is 0.506 e. The highest BCUT2D eigenvalue weighted by Gasteiger charge is 2.04. The first-order valence-corrected chi connectivity index (χ1v) is 2.97. The highest BCUT2D eigenvalue weighted by Crippen LogP contribution is 2.18. The maximum atomic E-state index is 10.3. The molecule has 0 saturated carbocycles. The Balaban J connectivity index is 3.30. The van der Waals surface area contributed by atoms with Crippen LogP contribution in [0.3, 0.4) is 0 Å². The molecular weight excluding hydrogens is 130 g/mol. The molecule has 10 heavy (non-hydrogen) atoms. The van der Waals surface area contributed by atoms with E-state index in [1.54, 1.807) is 18.5 Å². The molecule has 0 saturated heterocycles. The number of hydrogen-bond acceptors (Lipinski definition) is 2. The molecule has 0 bridgehead atoms. The van der Waals surface area contributed by atoms with Gasteiger partial charge in [0.25, 0.3) is 0 Å². The second kappa shape index (κ2) is 2.17. The fourth-order valence-electron chi connectivity index (χ4n) is 0.820. The maximum Gasteiger partial charge on any atom is 0.166 e. The van der Waals surface area contributed by atoms with Gasteiger partial charge in [-0.2, -0.15) is 0 Å². The van der Waals surface area contributed by atoms with Gasteiger partial charge in [0.1, 0.15) is 5.75 Å². The number of nitrogens with zero attached hydrogens (tertiary/aromatic N) is 1.